The van der Waals surface area contributed by atoms with E-state index in [2.05, 4.69) is 10.6 Å². The molecule has 0 radical (unpaired) electrons. The smallest absolute Gasteiger partial charge is 0.412 e. The van der Waals surface area contributed by atoms with E-state index in [1.807, 2.05) is 45.0 Å². The highest BCUT2D eigenvalue weighted by molar-refractivity contribution is 5.84. The van der Waals surface area contributed by atoms with Gasteiger partial charge in [0.25, 0.3) is 0 Å². The lowest BCUT2D eigenvalue weighted by molar-refractivity contribution is -0.0347. The quantitative estimate of drug-likeness (QED) is 0.880. The Labute approximate surface area is 144 Å². The summed E-state index contributed by atoms with van der Waals surface area (Å²) in [7, 11) is 0. The zero-order valence-electron chi connectivity index (χ0n) is 14.9. The van der Waals surface area contributed by atoms with Crippen molar-refractivity contribution in [3.05, 3.63) is 24.3 Å². The number of nitrogens with one attached hydrogen (secondary N) is 2. The Morgan fingerprint density at radius 1 is 1.17 bits per heavy atom. The second kappa shape index (κ2) is 6.63. The van der Waals surface area contributed by atoms with E-state index < -0.39 is 11.7 Å². The maximum atomic E-state index is 11.7. The average molecular weight is 332 g/mol. The van der Waals surface area contributed by atoms with Gasteiger partial charge in [0.1, 0.15) is 11.4 Å². The molecule has 1 saturated carbocycles. The Kier molecular flexibility index (Phi) is 4.72. The van der Waals surface area contributed by atoms with Crippen LogP contribution in [0.2, 0.25) is 0 Å². The van der Waals surface area contributed by atoms with Gasteiger partial charge in [0.05, 0.1) is 6.10 Å². The first-order valence-electron chi connectivity index (χ1n) is 8.81. The minimum absolute atomic E-state index is 0.327. The molecule has 132 valence electrons. The molecule has 1 heterocycles. The number of hydrogen-bond donors (Lipinski definition) is 2. The van der Waals surface area contributed by atoms with Crippen molar-refractivity contribution >= 4 is 11.8 Å². The van der Waals surface area contributed by atoms with Crippen LogP contribution in [0.25, 0.3) is 0 Å². The summed E-state index contributed by atoms with van der Waals surface area (Å²) < 4.78 is 11.3. The third kappa shape index (κ3) is 4.41. The van der Waals surface area contributed by atoms with Gasteiger partial charge in [-0.15, -0.1) is 0 Å². The van der Waals surface area contributed by atoms with Crippen molar-refractivity contribution in [1.82, 2.24) is 5.32 Å². The number of amides is 1. The number of carbonyl (C=O) groups excluding carboxylic acids is 1. The summed E-state index contributed by atoms with van der Waals surface area (Å²) in [6.45, 7) is 7.81. The first-order valence-corrected chi connectivity index (χ1v) is 8.81. The van der Waals surface area contributed by atoms with Crippen LogP contribution in [0.5, 0.6) is 5.75 Å². The third-order valence-corrected chi connectivity index (χ3v) is 4.79. The Morgan fingerprint density at radius 2 is 1.79 bits per heavy atom. The zero-order valence-corrected chi connectivity index (χ0v) is 14.9. The third-order valence-electron chi connectivity index (χ3n) is 4.79. The number of hydrogen-bond acceptors (Lipinski definition) is 4. The SMILES string of the molecule is CC(C)(C)OC(=O)Nc1ccc(OC2CC3(CCNCC3)C2)cc1. The molecule has 0 unspecified atom stereocenters. The fourth-order valence-electron chi connectivity index (χ4n) is 3.59. The van der Waals surface area contributed by atoms with Crippen LogP contribution in [0, 0.1) is 5.41 Å². The highest BCUT2D eigenvalue weighted by Crippen LogP contribution is 2.49. The summed E-state index contributed by atoms with van der Waals surface area (Å²) in [6.07, 6.45) is 4.74. The van der Waals surface area contributed by atoms with Crippen LogP contribution >= 0.6 is 0 Å². The monoisotopic (exact) mass is 332 g/mol. The molecule has 3 rings (SSSR count). The topological polar surface area (TPSA) is 59.6 Å². The van der Waals surface area contributed by atoms with Gasteiger partial charge in [0.2, 0.25) is 0 Å². The molecule has 1 aromatic carbocycles. The predicted octanol–water partition coefficient (Wildman–Crippen LogP) is 3.94. The largest absolute Gasteiger partial charge is 0.490 e. The molecule has 5 heteroatoms. The molecule has 2 N–H and O–H groups in total. The maximum Gasteiger partial charge on any atom is 0.412 e. The van der Waals surface area contributed by atoms with Crippen molar-refractivity contribution in [1.29, 1.82) is 0 Å². The number of carbonyl (C=O) groups is 1. The van der Waals surface area contributed by atoms with Gasteiger partial charge >= 0.3 is 6.09 Å². The molecule has 0 bridgehead atoms. The van der Waals surface area contributed by atoms with Crippen LogP contribution in [0.1, 0.15) is 46.5 Å². The summed E-state index contributed by atoms with van der Waals surface area (Å²) in [6, 6.07) is 7.50. The Hall–Kier alpha value is -1.75. The molecule has 1 aliphatic carbocycles. The van der Waals surface area contributed by atoms with E-state index in [0.29, 0.717) is 17.2 Å². The van der Waals surface area contributed by atoms with Crippen LogP contribution < -0.4 is 15.4 Å². The van der Waals surface area contributed by atoms with Gasteiger partial charge in [-0.2, -0.15) is 0 Å². The van der Waals surface area contributed by atoms with Crippen molar-refractivity contribution in [2.75, 3.05) is 18.4 Å². The van der Waals surface area contributed by atoms with Crippen molar-refractivity contribution in [3.8, 4) is 5.75 Å². The second-order valence-electron chi connectivity index (χ2n) is 8.05. The maximum absolute atomic E-state index is 11.7. The van der Waals surface area contributed by atoms with Gasteiger partial charge < -0.3 is 14.8 Å². The fourth-order valence-corrected chi connectivity index (χ4v) is 3.59. The molecule has 2 aliphatic rings. The first-order chi connectivity index (χ1) is 11.3. The molecule has 1 aliphatic heterocycles. The van der Waals surface area contributed by atoms with Gasteiger partial charge in [0.15, 0.2) is 0 Å². The molecule has 1 aromatic rings. The van der Waals surface area contributed by atoms with Crippen LogP contribution in [-0.2, 0) is 4.74 Å². The lowest BCUT2D eigenvalue weighted by Gasteiger charge is -2.49. The summed E-state index contributed by atoms with van der Waals surface area (Å²) in [5.74, 6) is 0.860. The van der Waals surface area contributed by atoms with Gasteiger partial charge in [-0.3, -0.25) is 5.32 Å². The molecule has 24 heavy (non-hydrogen) atoms. The Balaban J connectivity index is 1.46. The average Bonchev–Trinajstić information content (AvgIpc) is 2.47. The van der Waals surface area contributed by atoms with Crippen LogP contribution in [0.4, 0.5) is 10.5 Å². The normalized spacial score (nSPS) is 20.3. The van der Waals surface area contributed by atoms with Gasteiger partial charge in [-0.25, -0.2) is 4.79 Å². The fraction of sp³-hybridized carbons (Fsp3) is 0.632. The lowest BCUT2D eigenvalue weighted by atomic mass is 9.62. The molecule has 5 nitrogen and oxygen atoms in total. The number of rotatable bonds is 3. The predicted molar refractivity (Wildman–Crippen MR) is 94.5 cm³/mol. The lowest BCUT2D eigenvalue weighted by Crippen LogP contribution is -2.49. The minimum Gasteiger partial charge on any atom is -0.490 e. The molecule has 1 spiro atoms. The van der Waals surface area contributed by atoms with Gasteiger partial charge in [0, 0.05) is 5.69 Å². The van der Waals surface area contributed by atoms with Crippen LogP contribution in [0.3, 0.4) is 0 Å². The number of benzene rings is 1. The number of ether oxygens (including phenoxy) is 2. The summed E-state index contributed by atoms with van der Waals surface area (Å²) >= 11 is 0. The van der Waals surface area contributed by atoms with Crippen molar-refractivity contribution in [2.24, 2.45) is 5.41 Å². The summed E-state index contributed by atoms with van der Waals surface area (Å²) in [5, 5.41) is 6.15. The molecular weight excluding hydrogens is 304 g/mol. The van der Waals surface area contributed by atoms with E-state index in [1.165, 1.54) is 12.8 Å². The number of anilines is 1. The Morgan fingerprint density at radius 3 is 2.38 bits per heavy atom. The van der Waals surface area contributed by atoms with Crippen molar-refractivity contribution in [2.45, 2.75) is 58.2 Å². The van der Waals surface area contributed by atoms with E-state index >= 15 is 0 Å². The minimum atomic E-state index is -0.498. The van der Waals surface area contributed by atoms with E-state index in [0.717, 1.165) is 31.7 Å². The first kappa shape index (κ1) is 17.1. The second-order valence-corrected chi connectivity index (χ2v) is 8.05. The standard InChI is InChI=1S/C19H28N2O3/c1-18(2,3)24-17(22)21-14-4-6-15(7-5-14)23-16-12-19(13-16)8-10-20-11-9-19/h4-7,16,20H,8-13H2,1-3H3,(H,21,22). The van der Waals surface area contributed by atoms with Gasteiger partial charge in [-0.1, -0.05) is 0 Å². The molecular formula is C19H28N2O3. The Bertz CT molecular complexity index is 563. The van der Waals surface area contributed by atoms with Gasteiger partial charge in [-0.05, 0) is 89.2 Å². The highest BCUT2D eigenvalue weighted by atomic mass is 16.6. The molecule has 2 fully saturated rings. The highest BCUT2D eigenvalue weighted by Gasteiger charge is 2.45. The van der Waals surface area contributed by atoms with Crippen LogP contribution in [-0.4, -0.2) is 30.9 Å². The van der Waals surface area contributed by atoms with Crippen molar-refractivity contribution < 1.29 is 14.3 Å². The molecule has 0 atom stereocenters. The molecule has 1 amide bonds. The summed E-state index contributed by atoms with van der Waals surface area (Å²) in [5.41, 5.74) is 0.732. The van der Waals surface area contributed by atoms with E-state index in [-0.39, 0.29) is 0 Å². The molecule has 0 aromatic heterocycles. The van der Waals surface area contributed by atoms with E-state index in [1.54, 1.807) is 0 Å². The molecule has 1 saturated heterocycles. The summed E-state index contributed by atoms with van der Waals surface area (Å²) in [4.78, 5) is 11.7. The zero-order chi connectivity index (χ0) is 17.2. The van der Waals surface area contributed by atoms with Crippen LogP contribution in [0.15, 0.2) is 24.3 Å². The van der Waals surface area contributed by atoms with E-state index in [9.17, 15) is 4.79 Å². The van der Waals surface area contributed by atoms with E-state index in [4.69, 9.17) is 9.47 Å². The number of piperidine rings is 1. The van der Waals surface area contributed by atoms with Crippen molar-refractivity contribution in [3.63, 3.8) is 0 Å².